The first-order chi connectivity index (χ1) is 10.1. The second-order valence-electron chi connectivity index (χ2n) is 6.04. The van der Waals surface area contributed by atoms with Gasteiger partial charge in [-0.2, -0.15) is 5.10 Å². The molecule has 1 aliphatic heterocycles. The fraction of sp³-hybridized carbons (Fsp3) is 0.812. The van der Waals surface area contributed by atoms with E-state index < -0.39 is 0 Å². The molecule has 2 atom stereocenters. The van der Waals surface area contributed by atoms with Crippen molar-refractivity contribution in [3.63, 3.8) is 0 Å². The number of ether oxygens (including phenoxy) is 1. The quantitative estimate of drug-likeness (QED) is 0.821. The summed E-state index contributed by atoms with van der Waals surface area (Å²) in [7, 11) is 4.21. The Morgan fingerprint density at radius 1 is 1.43 bits per heavy atom. The number of hydrogen-bond donors (Lipinski definition) is 1. The number of nitrogens with zero attached hydrogens (tertiary/aromatic N) is 3. The van der Waals surface area contributed by atoms with Crippen LogP contribution in [0.3, 0.4) is 0 Å². The van der Waals surface area contributed by atoms with Crippen LogP contribution in [-0.4, -0.2) is 60.1 Å². The zero-order valence-corrected chi connectivity index (χ0v) is 13.9. The smallest absolute Gasteiger partial charge is 0.0858 e. The lowest BCUT2D eigenvalue weighted by molar-refractivity contribution is -0.0386. The van der Waals surface area contributed by atoms with Gasteiger partial charge in [0.1, 0.15) is 0 Å². The number of nitrogens with one attached hydrogen (secondary N) is 1. The van der Waals surface area contributed by atoms with Crippen LogP contribution in [0.2, 0.25) is 0 Å². The SMILES string of the molecule is CCCNC(Cc1cc(CC)nn1C)C1CN(C)CCO1. The Kier molecular flexibility index (Phi) is 6.21. The molecule has 120 valence electrons. The van der Waals surface area contributed by atoms with Crippen molar-refractivity contribution in [1.82, 2.24) is 20.0 Å². The monoisotopic (exact) mass is 294 g/mol. The summed E-state index contributed by atoms with van der Waals surface area (Å²) in [4.78, 5) is 2.36. The highest BCUT2D eigenvalue weighted by Crippen LogP contribution is 2.14. The topological polar surface area (TPSA) is 42.3 Å². The van der Waals surface area contributed by atoms with E-state index in [4.69, 9.17) is 4.74 Å². The van der Waals surface area contributed by atoms with Gasteiger partial charge in [-0.3, -0.25) is 4.68 Å². The molecule has 2 rings (SSSR count). The van der Waals surface area contributed by atoms with Gasteiger partial charge in [0.2, 0.25) is 0 Å². The van der Waals surface area contributed by atoms with Gasteiger partial charge in [0.05, 0.1) is 18.4 Å². The molecule has 0 aromatic carbocycles. The summed E-state index contributed by atoms with van der Waals surface area (Å²) in [6, 6.07) is 2.58. The van der Waals surface area contributed by atoms with Crippen molar-refractivity contribution in [2.45, 2.75) is 45.3 Å². The third-order valence-corrected chi connectivity index (χ3v) is 4.22. The second-order valence-corrected chi connectivity index (χ2v) is 6.04. The molecule has 2 unspecified atom stereocenters. The van der Waals surface area contributed by atoms with Gasteiger partial charge in [0.25, 0.3) is 0 Å². The van der Waals surface area contributed by atoms with Crippen LogP contribution in [0.1, 0.15) is 31.7 Å². The van der Waals surface area contributed by atoms with Crippen molar-refractivity contribution in [3.8, 4) is 0 Å². The molecule has 0 aliphatic carbocycles. The van der Waals surface area contributed by atoms with Gasteiger partial charge in [-0.15, -0.1) is 0 Å². The van der Waals surface area contributed by atoms with Crippen LogP contribution < -0.4 is 5.32 Å². The molecule has 0 bridgehead atoms. The molecule has 1 aromatic rings. The number of aromatic nitrogens is 2. The standard InChI is InChI=1S/C16H30N4O/c1-5-7-17-15(16-12-19(3)8-9-21-16)11-14-10-13(6-2)18-20(14)4/h10,15-17H,5-9,11-12H2,1-4H3. The Bertz CT molecular complexity index is 432. The van der Waals surface area contributed by atoms with E-state index in [-0.39, 0.29) is 6.10 Å². The van der Waals surface area contributed by atoms with Crippen molar-refractivity contribution in [2.24, 2.45) is 7.05 Å². The Balaban J connectivity index is 2.05. The van der Waals surface area contributed by atoms with Gasteiger partial charge in [0.15, 0.2) is 0 Å². The largest absolute Gasteiger partial charge is 0.374 e. The molecule has 5 heteroatoms. The van der Waals surface area contributed by atoms with Crippen LogP contribution >= 0.6 is 0 Å². The molecule has 21 heavy (non-hydrogen) atoms. The third-order valence-electron chi connectivity index (χ3n) is 4.22. The van der Waals surface area contributed by atoms with Gasteiger partial charge in [-0.1, -0.05) is 13.8 Å². The van der Waals surface area contributed by atoms with Crippen LogP contribution in [0.4, 0.5) is 0 Å². The maximum atomic E-state index is 6.02. The summed E-state index contributed by atoms with van der Waals surface area (Å²) in [5.74, 6) is 0. The first-order valence-electron chi connectivity index (χ1n) is 8.19. The zero-order valence-electron chi connectivity index (χ0n) is 13.9. The van der Waals surface area contributed by atoms with E-state index in [0.29, 0.717) is 6.04 Å². The highest BCUT2D eigenvalue weighted by Gasteiger charge is 2.27. The molecule has 0 spiro atoms. The average molecular weight is 294 g/mol. The molecule has 1 saturated heterocycles. The van der Waals surface area contributed by atoms with Crippen LogP contribution in [0.5, 0.6) is 0 Å². The van der Waals surface area contributed by atoms with Crippen molar-refractivity contribution < 1.29 is 4.74 Å². The van der Waals surface area contributed by atoms with Gasteiger partial charge in [-0.25, -0.2) is 0 Å². The first kappa shape index (κ1) is 16.5. The average Bonchev–Trinajstić information content (AvgIpc) is 2.83. The van der Waals surface area contributed by atoms with Gasteiger partial charge < -0.3 is 15.0 Å². The van der Waals surface area contributed by atoms with E-state index in [0.717, 1.165) is 45.5 Å². The number of rotatable bonds is 7. The van der Waals surface area contributed by atoms with E-state index in [9.17, 15) is 0 Å². The molecule has 0 radical (unpaired) electrons. The van der Waals surface area contributed by atoms with Crippen LogP contribution in [0, 0.1) is 0 Å². The lowest BCUT2D eigenvalue weighted by Gasteiger charge is -2.35. The van der Waals surface area contributed by atoms with E-state index in [2.05, 4.69) is 42.3 Å². The van der Waals surface area contributed by atoms with Gasteiger partial charge in [0, 0.05) is 38.3 Å². The van der Waals surface area contributed by atoms with E-state index in [1.54, 1.807) is 0 Å². The number of morpholine rings is 1. The summed E-state index contributed by atoms with van der Waals surface area (Å²) >= 11 is 0. The third kappa shape index (κ3) is 4.53. The van der Waals surface area contributed by atoms with Crippen molar-refractivity contribution in [1.29, 1.82) is 0 Å². The molecule has 1 fully saturated rings. The molecule has 1 N–H and O–H groups in total. The van der Waals surface area contributed by atoms with Crippen molar-refractivity contribution in [2.75, 3.05) is 33.3 Å². The molecule has 5 nitrogen and oxygen atoms in total. The fourth-order valence-electron chi connectivity index (χ4n) is 2.88. The lowest BCUT2D eigenvalue weighted by atomic mass is 10.0. The maximum Gasteiger partial charge on any atom is 0.0858 e. The van der Waals surface area contributed by atoms with E-state index in [1.165, 1.54) is 11.4 Å². The number of likely N-dealkylation sites (N-methyl/N-ethyl adjacent to an activating group) is 1. The molecule has 1 aromatic heterocycles. The molecule has 1 aliphatic rings. The summed E-state index contributed by atoms with van der Waals surface area (Å²) in [6.07, 6.45) is 3.37. The summed E-state index contributed by atoms with van der Waals surface area (Å²) in [5.41, 5.74) is 2.46. The minimum absolute atomic E-state index is 0.260. The first-order valence-corrected chi connectivity index (χ1v) is 8.19. The Labute approximate surface area is 128 Å². The lowest BCUT2D eigenvalue weighted by Crippen LogP contribution is -2.52. The molecular weight excluding hydrogens is 264 g/mol. The van der Waals surface area contributed by atoms with Crippen LogP contribution in [0.25, 0.3) is 0 Å². The highest BCUT2D eigenvalue weighted by molar-refractivity contribution is 5.12. The second kappa shape index (κ2) is 7.92. The summed E-state index contributed by atoms with van der Waals surface area (Å²) < 4.78 is 8.04. The Morgan fingerprint density at radius 2 is 2.24 bits per heavy atom. The number of hydrogen-bond acceptors (Lipinski definition) is 4. The maximum absolute atomic E-state index is 6.02. The predicted octanol–water partition coefficient (Wildman–Crippen LogP) is 1.22. The summed E-state index contributed by atoms with van der Waals surface area (Å²) in [5, 5.41) is 8.23. The van der Waals surface area contributed by atoms with E-state index in [1.807, 2.05) is 11.7 Å². The normalized spacial score (nSPS) is 21.6. The van der Waals surface area contributed by atoms with Crippen molar-refractivity contribution >= 4 is 0 Å². The van der Waals surface area contributed by atoms with Crippen LogP contribution in [0.15, 0.2) is 6.07 Å². The molecule has 0 amide bonds. The van der Waals surface area contributed by atoms with Crippen molar-refractivity contribution in [3.05, 3.63) is 17.5 Å². The molecular formula is C16H30N4O. The zero-order chi connectivity index (χ0) is 15.2. The highest BCUT2D eigenvalue weighted by atomic mass is 16.5. The van der Waals surface area contributed by atoms with E-state index >= 15 is 0 Å². The minimum Gasteiger partial charge on any atom is -0.374 e. The summed E-state index contributed by atoms with van der Waals surface area (Å²) in [6.45, 7) is 8.25. The number of aryl methyl sites for hydroxylation is 2. The predicted molar refractivity (Wildman–Crippen MR) is 85.6 cm³/mol. The Hall–Kier alpha value is -0.910. The molecule has 2 heterocycles. The Morgan fingerprint density at radius 3 is 2.86 bits per heavy atom. The van der Waals surface area contributed by atoms with Gasteiger partial charge >= 0.3 is 0 Å². The fourth-order valence-corrected chi connectivity index (χ4v) is 2.88. The minimum atomic E-state index is 0.260. The van der Waals surface area contributed by atoms with Crippen LogP contribution in [-0.2, 0) is 24.6 Å². The molecule has 0 saturated carbocycles. The van der Waals surface area contributed by atoms with Gasteiger partial charge in [-0.05, 0) is 32.5 Å².